The Balaban J connectivity index is 0.00000144. The zero-order valence-corrected chi connectivity index (χ0v) is 11.6. The molecule has 2 aliphatic heterocycles. The lowest BCUT2D eigenvalue weighted by Gasteiger charge is -2.42. The zero-order valence-electron chi connectivity index (χ0n) is 10.8. The van der Waals surface area contributed by atoms with Gasteiger partial charge in [-0.2, -0.15) is 0 Å². The minimum atomic E-state index is 0. The Hall–Kier alpha value is -0.320. The Bertz CT molecular complexity index is 261. The van der Waals surface area contributed by atoms with Gasteiger partial charge in [-0.15, -0.1) is 12.4 Å². The van der Waals surface area contributed by atoms with Gasteiger partial charge in [-0.05, 0) is 32.9 Å². The summed E-state index contributed by atoms with van der Waals surface area (Å²) in [7, 11) is 0. The normalized spacial score (nSPS) is 31.4. The van der Waals surface area contributed by atoms with Gasteiger partial charge in [0.05, 0.1) is 25.3 Å². The molecule has 0 radical (unpaired) electrons. The summed E-state index contributed by atoms with van der Waals surface area (Å²) in [6.45, 7) is 9.51. The maximum atomic E-state index is 12.4. The van der Waals surface area contributed by atoms with Crippen LogP contribution in [-0.4, -0.2) is 49.2 Å². The van der Waals surface area contributed by atoms with Gasteiger partial charge in [0.2, 0.25) is 5.91 Å². The summed E-state index contributed by atoms with van der Waals surface area (Å²) in [6.07, 6.45) is 0. The number of halogens is 1. The molecule has 2 rings (SSSR count). The summed E-state index contributed by atoms with van der Waals surface area (Å²) in [5, 5.41) is 3.23. The van der Waals surface area contributed by atoms with Crippen molar-refractivity contribution in [1.82, 2.24) is 10.2 Å². The van der Waals surface area contributed by atoms with E-state index in [-0.39, 0.29) is 30.4 Å². The average molecular weight is 263 g/mol. The number of hydrogen-bond acceptors (Lipinski definition) is 3. The SMILES string of the molecule is CC(C(=O)N1C(C)COCC1C)C1CNC1.Cl. The van der Waals surface area contributed by atoms with Crippen molar-refractivity contribution in [2.24, 2.45) is 11.8 Å². The molecule has 0 saturated carbocycles. The number of carbonyl (C=O) groups excluding carboxylic acids is 1. The van der Waals surface area contributed by atoms with Crippen molar-refractivity contribution in [1.29, 1.82) is 0 Å². The summed E-state index contributed by atoms with van der Waals surface area (Å²) in [5.41, 5.74) is 0. The first-order chi connectivity index (χ1) is 7.61. The molecule has 2 aliphatic rings. The lowest BCUT2D eigenvalue weighted by atomic mass is 9.87. The largest absolute Gasteiger partial charge is 0.377 e. The monoisotopic (exact) mass is 262 g/mol. The molecule has 5 heteroatoms. The number of ether oxygens (including phenoxy) is 1. The molecule has 1 N–H and O–H groups in total. The second-order valence-electron chi connectivity index (χ2n) is 5.19. The minimum absolute atomic E-state index is 0. The molecule has 2 saturated heterocycles. The van der Waals surface area contributed by atoms with Crippen LogP contribution < -0.4 is 5.32 Å². The summed E-state index contributed by atoms with van der Waals surface area (Å²) in [5.74, 6) is 0.966. The molecule has 3 unspecified atom stereocenters. The van der Waals surface area contributed by atoms with Crippen molar-refractivity contribution in [3.8, 4) is 0 Å². The molecule has 0 bridgehead atoms. The Morgan fingerprint density at radius 3 is 2.24 bits per heavy atom. The van der Waals surface area contributed by atoms with Gasteiger partial charge < -0.3 is 15.0 Å². The van der Waals surface area contributed by atoms with Crippen LogP contribution in [0.15, 0.2) is 0 Å². The van der Waals surface area contributed by atoms with Crippen LogP contribution >= 0.6 is 12.4 Å². The van der Waals surface area contributed by atoms with Crippen LogP contribution in [0.1, 0.15) is 20.8 Å². The van der Waals surface area contributed by atoms with Gasteiger partial charge in [-0.1, -0.05) is 6.92 Å². The van der Waals surface area contributed by atoms with Crippen molar-refractivity contribution in [2.45, 2.75) is 32.9 Å². The maximum absolute atomic E-state index is 12.4. The molecule has 0 aromatic heterocycles. The third-order valence-electron chi connectivity index (χ3n) is 3.83. The van der Waals surface area contributed by atoms with Crippen LogP contribution in [0.25, 0.3) is 0 Å². The number of nitrogens with zero attached hydrogens (tertiary/aromatic N) is 1. The van der Waals surface area contributed by atoms with Gasteiger partial charge in [0, 0.05) is 5.92 Å². The fourth-order valence-electron chi connectivity index (χ4n) is 2.54. The van der Waals surface area contributed by atoms with Gasteiger partial charge in [0.25, 0.3) is 0 Å². The maximum Gasteiger partial charge on any atom is 0.226 e. The predicted octanol–water partition coefficient (Wildman–Crippen LogP) is 0.899. The molecule has 4 nitrogen and oxygen atoms in total. The minimum Gasteiger partial charge on any atom is -0.377 e. The number of morpholine rings is 1. The topological polar surface area (TPSA) is 41.6 Å². The molecule has 1 amide bonds. The standard InChI is InChI=1S/C12H22N2O2.ClH/c1-8-6-16-7-9(2)14(8)12(15)10(3)11-4-13-5-11;/h8-11,13H,4-7H2,1-3H3;1H. The first-order valence-corrected chi connectivity index (χ1v) is 6.22. The van der Waals surface area contributed by atoms with E-state index in [0.717, 1.165) is 13.1 Å². The Labute approximate surface area is 109 Å². The molecule has 0 spiro atoms. The first-order valence-electron chi connectivity index (χ1n) is 6.22. The van der Waals surface area contributed by atoms with Crippen LogP contribution in [0.4, 0.5) is 0 Å². The van der Waals surface area contributed by atoms with E-state index in [1.165, 1.54) is 0 Å². The van der Waals surface area contributed by atoms with Crippen LogP contribution in [0, 0.1) is 11.8 Å². The molecular weight excluding hydrogens is 240 g/mol. The molecule has 0 aromatic rings. The van der Waals surface area contributed by atoms with E-state index in [9.17, 15) is 4.79 Å². The summed E-state index contributed by atoms with van der Waals surface area (Å²) >= 11 is 0. The highest BCUT2D eigenvalue weighted by Crippen LogP contribution is 2.23. The van der Waals surface area contributed by atoms with Crippen molar-refractivity contribution >= 4 is 18.3 Å². The second kappa shape index (κ2) is 6.03. The molecule has 2 heterocycles. The van der Waals surface area contributed by atoms with Gasteiger partial charge in [0.1, 0.15) is 0 Å². The molecule has 0 aromatic carbocycles. The fourth-order valence-corrected chi connectivity index (χ4v) is 2.54. The molecule has 100 valence electrons. The predicted molar refractivity (Wildman–Crippen MR) is 69.4 cm³/mol. The summed E-state index contributed by atoms with van der Waals surface area (Å²) in [6, 6.07) is 0.429. The van der Waals surface area contributed by atoms with E-state index >= 15 is 0 Å². The Kier molecular flexibility index (Phi) is 5.22. The first kappa shape index (κ1) is 14.7. The summed E-state index contributed by atoms with van der Waals surface area (Å²) in [4.78, 5) is 14.4. The van der Waals surface area contributed by atoms with Crippen LogP contribution in [-0.2, 0) is 9.53 Å². The lowest BCUT2D eigenvalue weighted by Crippen LogP contribution is -2.57. The van der Waals surface area contributed by atoms with Gasteiger partial charge in [-0.25, -0.2) is 0 Å². The summed E-state index contributed by atoms with van der Waals surface area (Å²) < 4.78 is 5.45. The number of rotatable bonds is 2. The Morgan fingerprint density at radius 2 is 1.82 bits per heavy atom. The molecule has 0 aliphatic carbocycles. The van der Waals surface area contributed by atoms with Gasteiger partial charge in [-0.3, -0.25) is 4.79 Å². The van der Waals surface area contributed by atoms with E-state index in [1.54, 1.807) is 0 Å². The Morgan fingerprint density at radius 1 is 1.29 bits per heavy atom. The highest BCUT2D eigenvalue weighted by Gasteiger charge is 2.36. The quantitative estimate of drug-likeness (QED) is 0.804. The van der Waals surface area contributed by atoms with Crippen molar-refractivity contribution in [2.75, 3.05) is 26.3 Å². The zero-order chi connectivity index (χ0) is 11.7. The van der Waals surface area contributed by atoms with E-state index in [1.807, 2.05) is 4.90 Å². The smallest absolute Gasteiger partial charge is 0.226 e. The molecule has 17 heavy (non-hydrogen) atoms. The third-order valence-corrected chi connectivity index (χ3v) is 3.83. The number of amides is 1. The molecule has 2 fully saturated rings. The highest BCUT2D eigenvalue weighted by atomic mass is 35.5. The second-order valence-corrected chi connectivity index (χ2v) is 5.19. The van der Waals surface area contributed by atoms with Gasteiger partial charge in [0.15, 0.2) is 0 Å². The highest BCUT2D eigenvalue weighted by molar-refractivity contribution is 5.85. The third kappa shape index (κ3) is 2.92. The van der Waals surface area contributed by atoms with Crippen molar-refractivity contribution < 1.29 is 9.53 Å². The lowest BCUT2D eigenvalue weighted by molar-refractivity contribution is -0.150. The number of hydrogen-bond donors (Lipinski definition) is 1. The number of carbonyl (C=O) groups is 1. The average Bonchev–Trinajstić information content (AvgIpc) is 2.14. The van der Waals surface area contributed by atoms with Crippen LogP contribution in [0.2, 0.25) is 0 Å². The van der Waals surface area contributed by atoms with Crippen molar-refractivity contribution in [3.63, 3.8) is 0 Å². The van der Waals surface area contributed by atoms with E-state index in [4.69, 9.17) is 4.74 Å². The molecular formula is C12H23ClN2O2. The van der Waals surface area contributed by atoms with E-state index in [0.29, 0.717) is 25.0 Å². The molecule has 3 atom stereocenters. The van der Waals surface area contributed by atoms with E-state index in [2.05, 4.69) is 26.1 Å². The fraction of sp³-hybridized carbons (Fsp3) is 0.917. The van der Waals surface area contributed by atoms with Crippen LogP contribution in [0.5, 0.6) is 0 Å². The van der Waals surface area contributed by atoms with Crippen LogP contribution in [0.3, 0.4) is 0 Å². The number of nitrogens with one attached hydrogen (secondary N) is 1. The van der Waals surface area contributed by atoms with Gasteiger partial charge >= 0.3 is 0 Å². The van der Waals surface area contributed by atoms with Crippen molar-refractivity contribution in [3.05, 3.63) is 0 Å². The van der Waals surface area contributed by atoms with E-state index < -0.39 is 0 Å².